The molecule has 0 aliphatic heterocycles. The first-order valence-corrected chi connectivity index (χ1v) is 8.95. The maximum atomic E-state index is 12.7. The Morgan fingerprint density at radius 1 is 0.897 bits per heavy atom. The Balaban J connectivity index is 1.57. The molecule has 2 amide bonds. The van der Waals surface area contributed by atoms with Gasteiger partial charge in [-0.05, 0) is 42.5 Å². The van der Waals surface area contributed by atoms with Crippen molar-refractivity contribution in [2.45, 2.75) is 6.92 Å². The average Bonchev–Trinajstić information content (AvgIpc) is 3.39. The number of nitrogens with zero attached hydrogens (tertiary/aromatic N) is 4. The largest absolute Gasteiger partial charge is 0.321 e. The molecule has 0 fully saturated rings. The van der Waals surface area contributed by atoms with Crippen LogP contribution < -0.4 is 10.6 Å². The molecule has 0 atom stereocenters. The summed E-state index contributed by atoms with van der Waals surface area (Å²) in [4.78, 5) is 24.2. The fourth-order valence-corrected chi connectivity index (χ4v) is 2.84. The van der Waals surface area contributed by atoms with E-state index in [2.05, 4.69) is 20.8 Å². The molecule has 2 N–H and O–H groups in total. The van der Waals surface area contributed by atoms with Gasteiger partial charge in [0.05, 0.1) is 11.4 Å². The minimum atomic E-state index is -0.377. The lowest BCUT2D eigenvalue weighted by Crippen LogP contribution is -2.13. The number of para-hydroxylation sites is 1. The highest BCUT2D eigenvalue weighted by molar-refractivity contribution is 6.04. The molecule has 2 aromatic heterocycles. The number of anilines is 2. The molecule has 144 valence electrons. The Kier molecular flexibility index (Phi) is 4.90. The fraction of sp³-hybridized carbons (Fsp3) is 0.0476. The number of aromatic nitrogens is 4. The number of carbonyl (C=O) groups is 2. The molecule has 0 spiro atoms. The maximum absolute atomic E-state index is 12.7. The van der Waals surface area contributed by atoms with Crippen molar-refractivity contribution < 1.29 is 9.59 Å². The first-order valence-electron chi connectivity index (χ1n) is 8.95. The summed E-state index contributed by atoms with van der Waals surface area (Å²) in [5, 5.41) is 14.1. The second kappa shape index (κ2) is 7.81. The molecule has 8 nitrogen and oxygen atoms in total. The molecule has 2 aromatic carbocycles. The SMILES string of the molecule is CC(=O)Nc1cc(C(=O)Nc2ccc(-n3cccn3)cc2)nn1-c1ccccc1. The Morgan fingerprint density at radius 2 is 1.66 bits per heavy atom. The minimum Gasteiger partial charge on any atom is -0.321 e. The van der Waals surface area contributed by atoms with Crippen LogP contribution in [0.4, 0.5) is 11.5 Å². The van der Waals surface area contributed by atoms with Crippen molar-refractivity contribution in [3.63, 3.8) is 0 Å². The van der Waals surface area contributed by atoms with Gasteiger partial charge in [-0.2, -0.15) is 10.2 Å². The zero-order chi connectivity index (χ0) is 20.2. The van der Waals surface area contributed by atoms with E-state index in [4.69, 9.17) is 0 Å². The summed E-state index contributed by atoms with van der Waals surface area (Å²) >= 11 is 0. The van der Waals surface area contributed by atoms with Crippen LogP contribution in [0.25, 0.3) is 11.4 Å². The summed E-state index contributed by atoms with van der Waals surface area (Å²) in [5.41, 5.74) is 2.43. The van der Waals surface area contributed by atoms with E-state index in [1.807, 2.05) is 54.7 Å². The number of hydrogen-bond acceptors (Lipinski definition) is 4. The van der Waals surface area contributed by atoms with E-state index >= 15 is 0 Å². The van der Waals surface area contributed by atoms with Gasteiger partial charge in [-0.15, -0.1) is 0 Å². The second-order valence-electron chi connectivity index (χ2n) is 6.29. The third kappa shape index (κ3) is 4.06. The van der Waals surface area contributed by atoms with E-state index in [0.29, 0.717) is 11.5 Å². The van der Waals surface area contributed by atoms with E-state index < -0.39 is 0 Å². The monoisotopic (exact) mass is 386 g/mol. The molecule has 0 radical (unpaired) electrons. The molecule has 4 rings (SSSR count). The van der Waals surface area contributed by atoms with Crippen molar-refractivity contribution in [3.05, 3.63) is 84.8 Å². The van der Waals surface area contributed by atoms with Crippen molar-refractivity contribution in [3.8, 4) is 11.4 Å². The quantitative estimate of drug-likeness (QED) is 0.550. The predicted molar refractivity (Wildman–Crippen MR) is 109 cm³/mol. The van der Waals surface area contributed by atoms with Gasteiger partial charge in [0, 0.05) is 31.1 Å². The Bertz CT molecular complexity index is 1130. The van der Waals surface area contributed by atoms with Crippen LogP contribution in [0, 0.1) is 0 Å². The summed E-state index contributed by atoms with van der Waals surface area (Å²) in [5.74, 6) is -0.204. The first kappa shape index (κ1) is 18.2. The molecular formula is C21H18N6O2. The highest BCUT2D eigenvalue weighted by atomic mass is 16.2. The summed E-state index contributed by atoms with van der Waals surface area (Å²) < 4.78 is 3.25. The first-order chi connectivity index (χ1) is 14.1. The summed E-state index contributed by atoms with van der Waals surface area (Å²) in [6.45, 7) is 1.41. The number of benzene rings is 2. The molecule has 2 heterocycles. The number of amides is 2. The summed E-state index contributed by atoms with van der Waals surface area (Å²) in [7, 11) is 0. The van der Waals surface area contributed by atoms with Gasteiger partial charge in [0.15, 0.2) is 5.69 Å². The van der Waals surface area contributed by atoms with Crippen LogP contribution in [0.5, 0.6) is 0 Å². The lowest BCUT2D eigenvalue weighted by molar-refractivity contribution is -0.114. The molecule has 0 saturated heterocycles. The van der Waals surface area contributed by atoms with Crippen molar-refractivity contribution in [2.75, 3.05) is 10.6 Å². The van der Waals surface area contributed by atoms with Gasteiger partial charge >= 0.3 is 0 Å². The molecule has 29 heavy (non-hydrogen) atoms. The zero-order valence-corrected chi connectivity index (χ0v) is 15.6. The summed E-state index contributed by atoms with van der Waals surface area (Å²) in [6, 6.07) is 19.9. The highest BCUT2D eigenvalue weighted by Crippen LogP contribution is 2.19. The third-order valence-corrected chi connectivity index (χ3v) is 4.14. The smallest absolute Gasteiger partial charge is 0.276 e. The fourth-order valence-electron chi connectivity index (χ4n) is 2.84. The molecule has 8 heteroatoms. The van der Waals surface area contributed by atoms with Crippen LogP contribution >= 0.6 is 0 Å². The van der Waals surface area contributed by atoms with Crippen LogP contribution in [-0.4, -0.2) is 31.4 Å². The van der Waals surface area contributed by atoms with E-state index in [9.17, 15) is 9.59 Å². The number of rotatable bonds is 5. The van der Waals surface area contributed by atoms with E-state index in [1.54, 1.807) is 29.1 Å². The van der Waals surface area contributed by atoms with Crippen LogP contribution in [0.1, 0.15) is 17.4 Å². The van der Waals surface area contributed by atoms with Crippen molar-refractivity contribution in [1.82, 2.24) is 19.6 Å². The Labute approximate surface area is 166 Å². The molecule has 0 unspecified atom stereocenters. The van der Waals surface area contributed by atoms with Crippen molar-refractivity contribution in [2.24, 2.45) is 0 Å². The minimum absolute atomic E-state index is 0.189. The maximum Gasteiger partial charge on any atom is 0.276 e. The average molecular weight is 386 g/mol. The zero-order valence-electron chi connectivity index (χ0n) is 15.6. The molecule has 0 aliphatic rings. The van der Waals surface area contributed by atoms with Crippen molar-refractivity contribution >= 4 is 23.3 Å². The topological polar surface area (TPSA) is 93.8 Å². The third-order valence-electron chi connectivity index (χ3n) is 4.14. The summed E-state index contributed by atoms with van der Waals surface area (Å²) in [6.07, 6.45) is 3.54. The second-order valence-corrected chi connectivity index (χ2v) is 6.29. The highest BCUT2D eigenvalue weighted by Gasteiger charge is 2.16. The molecule has 0 saturated carbocycles. The van der Waals surface area contributed by atoms with Crippen LogP contribution in [0.2, 0.25) is 0 Å². The number of carbonyl (C=O) groups excluding carboxylic acids is 2. The lowest BCUT2D eigenvalue weighted by atomic mass is 10.2. The Morgan fingerprint density at radius 3 is 2.31 bits per heavy atom. The number of hydrogen-bond donors (Lipinski definition) is 2. The number of nitrogens with one attached hydrogen (secondary N) is 2. The van der Waals surface area contributed by atoms with Gasteiger partial charge in [-0.25, -0.2) is 9.36 Å². The molecular weight excluding hydrogens is 368 g/mol. The van der Waals surface area contributed by atoms with E-state index in [-0.39, 0.29) is 17.5 Å². The van der Waals surface area contributed by atoms with Gasteiger partial charge in [-0.3, -0.25) is 9.59 Å². The lowest BCUT2D eigenvalue weighted by Gasteiger charge is -2.07. The molecule has 4 aromatic rings. The van der Waals surface area contributed by atoms with Gasteiger partial charge < -0.3 is 10.6 Å². The van der Waals surface area contributed by atoms with Crippen LogP contribution in [-0.2, 0) is 4.79 Å². The van der Waals surface area contributed by atoms with Gasteiger partial charge in [-0.1, -0.05) is 18.2 Å². The predicted octanol–water partition coefficient (Wildman–Crippen LogP) is 3.27. The van der Waals surface area contributed by atoms with Gasteiger partial charge in [0.2, 0.25) is 5.91 Å². The van der Waals surface area contributed by atoms with E-state index in [0.717, 1.165) is 11.4 Å². The molecule has 0 bridgehead atoms. The van der Waals surface area contributed by atoms with Crippen molar-refractivity contribution in [1.29, 1.82) is 0 Å². The van der Waals surface area contributed by atoms with E-state index in [1.165, 1.54) is 11.6 Å². The molecule has 0 aliphatic carbocycles. The van der Waals surface area contributed by atoms with Crippen LogP contribution in [0.15, 0.2) is 79.1 Å². The normalized spacial score (nSPS) is 10.5. The van der Waals surface area contributed by atoms with Crippen LogP contribution in [0.3, 0.4) is 0 Å². The van der Waals surface area contributed by atoms with Gasteiger partial charge in [0.25, 0.3) is 5.91 Å². The Hall–Kier alpha value is -4.20. The van der Waals surface area contributed by atoms with Gasteiger partial charge in [0.1, 0.15) is 5.82 Å². The standard InChI is InChI=1S/C21H18N6O2/c1-15(28)23-20-14-19(25-27(20)18-6-3-2-4-7-18)21(29)24-16-8-10-17(11-9-16)26-13-5-12-22-26/h2-14H,1H3,(H,23,28)(H,24,29).